The Balaban J connectivity index is 1.51. The van der Waals surface area contributed by atoms with Crippen molar-refractivity contribution >= 4 is 63.5 Å². The van der Waals surface area contributed by atoms with Crippen LogP contribution in [0.25, 0.3) is 11.3 Å². The van der Waals surface area contributed by atoms with Gasteiger partial charge < -0.3 is 25.2 Å². The van der Waals surface area contributed by atoms with Gasteiger partial charge in [-0.2, -0.15) is 0 Å². The highest BCUT2D eigenvalue weighted by Crippen LogP contribution is 2.39. The normalized spacial score (nSPS) is 15.6. The highest BCUT2D eigenvalue weighted by atomic mass is 35.5. The molecule has 40 heavy (non-hydrogen) atoms. The molecule has 0 unspecified atom stereocenters. The number of amides is 3. The quantitative estimate of drug-likeness (QED) is 0.371. The first-order valence-corrected chi connectivity index (χ1v) is 13.3. The molecule has 0 saturated carbocycles. The zero-order valence-electron chi connectivity index (χ0n) is 22.5. The van der Waals surface area contributed by atoms with Gasteiger partial charge >= 0.3 is 6.09 Å². The van der Waals surface area contributed by atoms with E-state index in [1.165, 1.54) is 0 Å². The van der Waals surface area contributed by atoms with Gasteiger partial charge in [0.05, 0.1) is 23.5 Å². The fourth-order valence-corrected chi connectivity index (χ4v) is 4.92. The Morgan fingerprint density at radius 3 is 2.38 bits per heavy atom. The number of halogens is 1. The van der Waals surface area contributed by atoms with E-state index in [4.69, 9.17) is 16.3 Å². The van der Waals surface area contributed by atoms with Crippen LogP contribution < -0.4 is 20.4 Å². The first kappa shape index (κ1) is 27.2. The molecule has 3 aromatic carbocycles. The highest BCUT2D eigenvalue weighted by molar-refractivity contribution is 6.38. The van der Waals surface area contributed by atoms with Crippen molar-refractivity contribution in [1.82, 2.24) is 4.90 Å². The van der Waals surface area contributed by atoms with E-state index in [-0.39, 0.29) is 17.9 Å². The summed E-state index contributed by atoms with van der Waals surface area (Å²) in [5.74, 6) is -0.291. The first-order chi connectivity index (χ1) is 19.2. The van der Waals surface area contributed by atoms with Gasteiger partial charge in [0, 0.05) is 47.7 Å². The lowest BCUT2D eigenvalue weighted by molar-refractivity contribution is -0.116. The molecule has 2 aliphatic heterocycles. The molecule has 9 nitrogen and oxygen atoms in total. The predicted molar refractivity (Wildman–Crippen MR) is 159 cm³/mol. The molecule has 2 heterocycles. The fraction of sp³-hybridized carbons (Fsp3) is 0.233. The van der Waals surface area contributed by atoms with Gasteiger partial charge in [-0.25, -0.2) is 4.79 Å². The highest BCUT2D eigenvalue weighted by Gasteiger charge is 2.29. The molecule has 0 atom stereocenters. The summed E-state index contributed by atoms with van der Waals surface area (Å²) < 4.78 is 5.06. The number of rotatable bonds is 8. The van der Waals surface area contributed by atoms with Crippen LogP contribution in [-0.2, 0) is 14.3 Å². The smallest absolute Gasteiger partial charge is 0.414 e. The number of fused-ring (bicyclic) bond motifs is 1. The van der Waals surface area contributed by atoms with E-state index >= 15 is 0 Å². The van der Waals surface area contributed by atoms with Gasteiger partial charge in [-0.1, -0.05) is 29.8 Å². The Bertz CT molecular complexity index is 1480. The number of carbonyl (C=O) groups is 3. The minimum Gasteiger partial charge on any atom is -0.447 e. The third kappa shape index (κ3) is 5.66. The van der Waals surface area contributed by atoms with Crippen LogP contribution in [0.15, 0.2) is 66.7 Å². The number of nitrogens with zero attached hydrogens (tertiary/aromatic N) is 3. The van der Waals surface area contributed by atoms with Crippen LogP contribution in [0.5, 0.6) is 0 Å². The van der Waals surface area contributed by atoms with Crippen molar-refractivity contribution < 1.29 is 19.1 Å². The molecule has 206 valence electrons. The molecule has 1 saturated heterocycles. The Morgan fingerprint density at radius 2 is 1.75 bits per heavy atom. The Labute approximate surface area is 238 Å². The van der Waals surface area contributed by atoms with E-state index in [0.717, 1.165) is 29.0 Å². The van der Waals surface area contributed by atoms with Gasteiger partial charge in [0.2, 0.25) is 5.91 Å². The van der Waals surface area contributed by atoms with Crippen LogP contribution >= 0.6 is 11.6 Å². The van der Waals surface area contributed by atoms with Gasteiger partial charge in [0.15, 0.2) is 0 Å². The molecule has 0 aromatic heterocycles. The zero-order valence-corrected chi connectivity index (χ0v) is 23.3. The fourth-order valence-electron chi connectivity index (χ4n) is 4.75. The van der Waals surface area contributed by atoms with Gasteiger partial charge in [-0.05, 0) is 68.2 Å². The summed E-state index contributed by atoms with van der Waals surface area (Å²) >= 11 is 6.18. The SMILES string of the molecule is CC(=O)N(CCN(C)C)c1ccc(NC(=C2C(=O)Nc3cc(Cl)ccc32)c2ccc(N3CCOC3=O)cc2)cc1. The average Bonchev–Trinajstić information content (AvgIpc) is 3.49. The van der Waals surface area contributed by atoms with E-state index in [1.54, 1.807) is 28.9 Å². The second kappa shape index (κ2) is 11.4. The molecular formula is C30H30ClN5O4. The lowest BCUT2D eigenvalue weighted by Gasteiger charge is -2.23. The maximum Gasteiger partial charge on any atom is 0.414 e. The Morgan fingerprint density at radius 1 is 1.02 bits per heavy atom. The summed E-state index contributed by atoms with van der Waals surface area (Å²) in [5.41, 5.74) is 5.43. The van der Waals surface area contributed by atoms with Crippen molar-refractivity contribution in [3.8, 4) is 0 Å². The molecule has 5 rings (SSSR count). The number of likely N-dealkylation sites (N-methyl/N-ethyl adjacent to an activating group) is 1. The minimum absolute atomic E-state index is 0.0368. The first-order valence-electron chi connectivity index (χ1n) is 12.9. The average molecular weight is 560 g/mol. The molecule has 2 aliphatic rings. The molecule has 1 fully saturated rings. The third-order valence-corrected chi connectivity index (χ3v) is 7.04. The van der Waals surface area contributed by atoms with E-state index in [2.05, 4.69) is 10.6 Å². The van der Waals surface area contributed by atoms with Gasteiger partial charge in [-0.15, -0.1) is 0 Å². The van der Waals surface area contributed by atoms with Gasteiger partial charge in [0.25, 0.3) is 5.91 Å². The Kier molecular flexibility index (Phi) is 7.77. The maximum atomic E-state index is 13.2. The lowest BCUT2D eigenvalue weighted by atomic mass is 9.99. The molecule has 10 heteroatoms. The number of hydrogen-bond donors (Lipinski definition) is 2. The van der Waals surface area contributed by atoms with Crippen molar-refractivity contribution in [3.05, 3.63) is 82.9 Å². The van der Waals surface area contributed by atoms with Crippen molar-refractivity contribution in [1.29, 1.82) is 0 Å². The third-order valence-electron chi connectivity index (χ3n) is 6.80. The topological polar surface area (TPSA) is 94.2 Å². The second-order valence-electron chi connectivity index (χ2n) is 9.85. The number of nitrogens with one attached hydrogen (secondary N) is 2. The molecule has 0 spiro atoms. The molecule has 2 N–H and O–H groups in total. The van der Waals surface area contributed by atoms with Crippen molar-refractivity contribution in [3.63, 3.8) is 0 Å². The maximum absolute atomic E-state index is 13.2. The lowest BCUT2D eigenvalue weighted by Crippen LogP contribution is -2.35. The summed E-state index contributed by atoms with van der Waals surface area (Å²) in [7, 11) is 3.93. The van der Waals surface area contributed by atoms with Gasteiger partial charge in [-0.3, -0.25) is 14.5 Å². The largest absolute Gasteiger partial charge is 0.447 e. The second-order valence-corrected chi connectivity index (χ2v) is 10.3. The summed E-state index contributed by atoms with van der Waals surface area (Å²) in [6, 6.07) is 20.2. The molecule has 3 amide bonds. The van der Waals surface area contributed by atoms with E-state index in [1.807, 2.05) is 73.6 Å². The predicted octanol–water partition coefficient (Wildman–Crippen LogP) is 5.14. The summed E-state index contributed by atoms with van der Waals surface area (Å²) in [6.07, 6.45) is -0.379. The number of ether oxygens (including phenoxy) is 1. The number of cyclic esters (lactones) is 1. The standard InChI is InChI=1S/C30H30ClN5O4/c1-19(37)35(15-14-34(2)3)23-11-7-22(8-12-23)32-28(27-25-13-6-21(31)18-26(25)33-29(27)38)20-4-9-24(10-5-20)36-16-17-40-30(36)39/h4-13,18,32H,14-17H2,1-3H3,(H,33,38). The zero-order chi connectivity index (χ0) is 28.4. The van der Waals surface area contributed by atoms with Crippen LogP contribution in [-0.4, -0.2) is 63.1 Å². The van der Waals surface area contributed by atoms with Crippen molar-refractivity contribution in [2.24, 2.45) is 0 Å². The summed E-state index contributed by atoms with van der Waals surface area (Å²) in [5, 5.41) is 6.87. The van der Waals surface area contributed by atoms with E-state index in [9.17, 15) is 14.4 Å². The van der Waals surface area contributed by atoms with E-state index < -0.39 is 0 Å². The molecule has 0 radical (unpaired) electrons. The van der Waals surface area contributed by atoms with E-state index in [0.29, 0.717) is 47.4 Å². The molecule has 0 aliphatic carbocycles. The monoisotopic (exact) mass is 559 g/mol. The van der Waals surface area contributed by atoms with Crippen LogP contribution in [0.1, 0.15) is 18.1 Å². The van der Waals surface area contributed by atoms with Crippen LogP contribution in [0.4, 0.5) is 27.5 Å². The number of hydrogen-bond acceptors (Lipinski definition) is 6. The molecular weight excluding hydrogens is 530 g/mol. The van der Waals surface area contributed by atoms with Crippen LogP contribution in [0.2, 0.25) is 5.02 Å². The van der Waals surface area contributed by atoms with Crippen LogP contribution in [0, 0.1) is 0 Å². The summed E-state index contributed by atoms with van der Waals surface area (Å²) in [4.78, 5) is 42.9. The molecule has 3 aromatic rings. The van der Waals surface area contributed by atoms with Crippen molar-refractivity contribution in [2.75, 3.05) is 60.8 Å². The van der Waals surface area contributed by atoms with Crippen LogP contribution in [0.3, 0.4) is 0 Å². The Hall–Kier alpha value is -4.34. The van der Waals surface area contributed by atoms with Gasteiger partial charge in [0.1, 0.15) is 6.61 Å². The number of carbonyl (C=O) groups excluding carboxylic acids is 3. The number of benzene rings is 3. The van der Waals surface area contributed by atoms with Crippen molar-refractivity contribution in [2.45, 2.75) is 6.92 Å². The number of anilines is 4. The molecule has 0 bridgehead atoms. The summed E-state index contributed by atoms with van der Waals surface area (Å²) in [6.45, 7) is 3.70. The minimum atomic E-state index is -0.379.